The second kappa shape index (κ2) is 7.99. The molecule has 0 radical (unpaired) electrons. The molecule has 1 aromatic heterocycles. The molecule has 2 aliphatic heterocycles. The molecule has 3 rings (SSSR count). The van der Waals surface area contributed by atoms with Crippen LogP contribution in [0.2, 0.25) is 0 Å². The lowest BCUT2D eigenvalue weighted by Crippen LogP contribution is -2.51. The molecule has 1 amide bonds. The molecule has 2 fully saturated rings. The number of amides is 1. The monoisotopic (exact) mass is 349 g/mol. The van der Waals surface area contributed by atoms with E-state index in [0.29, 0.717) is 26.1 Å². The molecule has 7 nitrogen and oxygen atoms in total. The van der Waals surface area contributed by atoms with Crippen LogP contribution in [0.3, 0.4) is 0 Å². The van der Waals surface area contributed by atoms with Crippen molar-refractivity contribution in [1.82, 2.24) is 15.0 Å². The number of hydrogen-bond donors (Lipinski definition) is 0. The highest BCUT2D eigenvalue weighted by Crippen LogP contribution is 2.32. The van der Waals surface area contributed by atoms with Gasteiger partial charge in [0.1, 0.15) is 6.04 Å². The molecule has 2 atom stereocenters. The Morgan fingerprint density at radius 2 is 2.12 bits per heavy atom. The number of esters is 1. The number of likely N-dealkylation sites (tertiary alicyclic amines) is 2. The van der Waals surface area contributed by atoms with Gasteiger partial charge in [-0.25, -0.2) is 4.79 Å². The molecule has 0 saturated carbocycles. The predicted octanol–water partition coefficient (Wildman–Crippen LogP) is 2.06. The Kier molecular flexibility index (Phi) is 5.73. The third-order valence-electron chi connectivity index (χ3n) is 5.06. The summed E-state index contributed by atoms with van der Waals surface area (Å²) in [4.78, 5) is 28.9. The van der Waals surface area contributed by atoms with Crippen molar-refractivity contribution in [1.29, 1.82) is 0 Å². The Bertz CT molecular complexity index is 615. The van der Waals surface area contributed by atoms with E-state index < -0.39 is 6.04 Å². The van der Waals surface area contributed by atoms with Gasteiger partial charge in [0.25, 0.3) is 0 Å². The van der Waals surface area contributed by atoms with Crippen LogP contribution in [-0.2, 0) is 14.3 Å². The highest BCUT2D eigenvalue weighted by Gasteiger charge is 2.36. The largest absolute Gasteiger partial charge is 0.464 e. The third-order valence-corrected chi connectivity index (χ3v) is 5.06. The first-order valence-electron chi connectivity index (χ1n) is 9.23. The number of rotatable bonds is 5. The Hall–Kier alpha value is -1.89. The summed E-state index contributed by atoms with van der Waals surface area (Å²) in [5.74, 6) is 0.545. The van der Waals surface area contributed by atoms with E-state index >= 15 is 0 Å². The van der Waals surface area contributed by atoms with Gasteiger partial charge < -0.3 is 14.2 Å². The molecule has 0 N–H and O–H groups in total. The maximum Gasteiger partial charge on any atom is 0.328 e. The molecule has 0 bridgehead atoms. The van der Waals surface area contributed by atoms with Gasteiger partial charge in [-0.1, -0.05) is 5.16 Å². The van der Waals surface area contributed by atoms with E-state index in [1.807, 2.05) is 13.0 Å². The Morgan fingerprint density at radius 1 is 1.28 bits per heavy atom. The summed E-state index contributed by atoms with van der Waals surface area (Å²) in [6.45, 7) is 5.82. The molecule has 2 unspecified atom stereocenters. The zero-order valence-corrected chi connectivity index (χ0v) is 15.1. The molecule has 2 aliphatic rings. The zero-order chi connectivity index (χ0) is 17.8. The normalized spacial score (nSPS) is 24.5. The van der Waals surface area contributed by atoms with Crippen molar-refractivity contribution in [2.45, 2.75) is 58.0 Å². The molecule has 0 spiro atoms. The standard InChI is InChI=1S/C18H27N3O4/c1-3-24-18(23)15-7-4-5-10-21(15)17(22)12-20-9-6-8-14(20)16-11-13(2)19-25-16/h11,14-15H,3-10,12H2,1-2H3. The minimum absolute atomic E-state index is 0.000824. The molecular formula is C18H27N3O4. The number of aryl methyl sites for hydroxylation is 1. The molecule has 0 aliphatic carbocycles. The van der Waals surface area contributed by atoms with Crippen LogP contribution >= 0.6 is 0 Å². The first kappa shape index (κ1) is 17.9. The summed E-state index contributed by atoms with van der Waals surface area (Å²) in [7, 11) is 0. The second-order valence-electron chi connectivity index (χ2n) is 6.85. The smallest absolute Gasteiger partial charge is 0.328 e. The Morgan fingerprint density at radius 3 is 2.84 bits per heavy atom. The van der Waals surface area contributed by atoms with Gasteiger partial charge in [-0.3, -0.25) is 9.69 Å². The van der Waals surface area contributed by atoms with Crippen molar-refractivity contribution in [3.63, 3.8) is 0 Å². The van der Waals surface area contributed by atoms with Crippen LogP contribution in [0.4, 0.5) is 0 Å². The van der Waals surface area contributed by atoms with Crippen molar-refractivity contribution in [2.24, 2.45) is 0 Å². The molecule has 0 aromatic carbocycles. The van der Waals surface area contributed by atoms with E-state index in [-0.39, 0.29) is 17.9 Å². The van der Waals surface area contributed by atoms with Crippen molar-refractivity contribution < 1.29 is 18.8 Å². The van der Waals surface area contributed by atoms with Gasteiger partial charge in [-0.05, 0) is 52.5 Å². The minimum Gasteiger partial charge on any atom is -0.464 e. The van der Waals surface area contributed by atoms with Crippen LogP contribution < -0.4 is 0 Å². The van der Waals surface area contributed by atoms with Crippen LogP contribution in [0.15, 0.2) is 10.6 Å². The van der Waals surface area contributed by atoms with Crippen molar-refractivity contribution in [2.75, 3.05) is 26.2 Å². The zero-order valence-electron chi connectivity index (χ0n) is 15.1. The third kappa shape index (κ3) is 4.03. The SMILES string of the molecule is CCOC(=O)C1CCCCN1C(=O)CN1CCCC1c1cc(C)no1. The van der Waals surface area contributed by atoms with Gasteiger partial charge in [0.05, 0.1) is 24.9 Å². The summed E-state index contributed by atoms with van der Waals surface area (Å²) in [6.07, 6.45) is 4.57. The molecule has 7 heteroatoms. The quantitative estimate of drug-likeness (QED) is 0.758. The highest BCUT2D eigenvalue weighted by molar-refractivity contribution is 5.85. The number of piperidine rings is 1. The number of carbonyl (C=O) groups is 2. The molecule has 2 saturated heterocycles. The second-order valence-corrected chi connectivity index (χ2v) is 6.85. The van der Waals surface area contributed by atoms with Gasteiger partial charge in [0, 0.05) is 12.6 Å². The Balaban J connectivity index is 1.66. The number of aromatic nitrogens is 1. The number of carbonyl (C=O) groups excluding carboxylic acids is 2. The predicted molar refractivity (Wildman–Crippen MR) is 90.8 cm³/mol. The van der Waals surface area contributed by atoms with E-state index in [0.717, 1.165) is 43.7 Å². The first-order chi connectivity index (χ1) is 12.1. The Labute approximate surface area is 148 Å². The summed E-state index contributed by atoms with van der Waals surface area (Å²) in [6, 6.07) is 1.60. The fraction of sp³-hybridized carbons (Fsp3) is 0.722. The molecule has 138 valence electrons. The molecular weight excluding hydrogens is 322 g/mol. The lowest BCUT2D eigenvalue weighted by molar-refractivity contribution is -0.157. The average Bonchev–Trinajstić information content (AvgIpc) is 3.23. The van der Waals surface area contributed by atoms with Gasteiger partial charge >= 0.3 is 5.97 Å². The van der Waals surface area contributed by atoms with Crippen LogP contribution in [-0.4, -0.2) is 59.1 Å². The topological polar surface area (TPSA) is 75.9 Å². The molecule has 1 aromatic rings. The van der Waals surface area contributed by atoms with Crippen LogP contribution in [0.5, 0.6) is 0 Å². The summed E-state index contributed by atoms with van der Waals surface area (Å²) in [5, 5.41) is 3.96. The van der Waals surface area contributed by atoms with Gasteiger partial charge in [-0.2, -0.15) is 0 Å². The maximum absolute atomic E-state index is 12.9. The summed E-state index contributed by atoms with van der Waals surface area (Å²) < 4.78 is 10.6. The number of hydrogen-bond acceptors (Lipinski definition) is 6. The van der Waals surface area contributed by atoms with E-state index in [9.17, 15) is 9.59 Å². The fourth-order valence-electron chi connectivity index (χ4n) is 3.86. The van der Waals surface area contributed by atoms with E-state index in [1.54, 1.807) is 11.8 Å². The lowest BCUT2D eigenvalue weighted by Gasteiger charge is -2.35. The highest BCUT2D eigenvalue weighted by atomic mass is 16.5. The van der Waals surface area contributed by atoms with Gasteiger partial charge in [0.15, 0.2) is 5.76 Å². The van der Waals surface area contributed by atoms with E-state index in [4.69, 9.17) is 9.26 Å². The van der Waals surface area contributed by atoms with Crippen LogP contribution in [0.1, 0.15) is 56.5 Å². The minimum atomic E-state index is -0.435. The summed E-state index contributed by atoms with van der Waals surface area (Å²) in [5.41, 5.74) is 0.853. The van der Waals surface area contributed by atoms with Crippen molar-refractivity contribution in [3.05, 3.63) is 17.5 Å². The van der Waals surface area contributed by atoms with Crippen molar-refractivity contribution >= 4 is 11.9 Å². The van der Waals surface area contributed by atoms with Crippen LogP contribution in [0, 0.1) is 6.92 Å². The lowest BCUT2D eigenvalue weighted by atomic mass is 10.0. The first-order valence-corrected chi connectivity index (χ1v) is 9.23. The van der Waals surface area contributed by atoms with E-state index in [2.05, 4.69) is 10.1 Å². The number of ether oxygens (including phenoxy) is 1. The van der Waals surface area contributed by atoms with Gasteiger partial charge in [0.2, 0.25) is 5.91 Å². The fourth-order valence-corrected chi connectivity index (χ4v) is 3.86. The molecule has 3 heterocycles. The van der Waals surface area contributed by atoms with E-state index in [1.165, 1.54) is 0 Å². The average molecular weight is 349 g/mol. The molecule has 25 heavy (non-hydrogen) atoms. The van der Waals surface area contributed by atoms with Crippen LogP contribution in [0.25, 0.3) is 0 Å². The maximum atomic E-state index is 12.9. The van der Waals surface area contributed by atoms with Gasteiger partial charge in [-0.15, -0.1) is 0 Å². The van der Waals surface area contributed by atoms with Crippen molar-refractivity contribution in [3.8, 4) is 0 Å². The number of nitrogens with zero attached hydrogens (tertiary/aromatic N) is 3. The summed E-state index contributed by atoms with van der Waals surface area (Å²) >= 11 is 0.